The van der Waals surface area contributed by atoms with Gasteiger partial charge >= 0.3 is 0 Å². The molecule has 0 saturated carbocycles. The van der Waals surface area contributed by atoms with Crippen LogP contribution < -0.4 is 10.4 Å². The maximum atomic E-state index is 4.06. The van der Waals surface area contributed by atoms with Gasteiger partial charge in [-0.15, -0.1) is 39.5 Å². The molecule has 0 N–H and O–H groups in total. The van der Waals surface area contributed by atoms with E-state index >= 15 is 0 Å². The van der Waals surface area contributed by atoms with Gasteiger partial charge in [-0.2, -0.15) is 0 Å². The molecule has 0 bridgehead atoms. The first-order valence-electron chi connectivity index (χ1n) is 9.26. The van der Waals surface area contributed by atoms with Crippen LogP contribution in [0, 0.1) is 6.07 Å². The lowest BCUT2D eigenvalue weighted by Crippen LogP contribution is -2.62. The maximum Gasteiger partial charge on any atom is 0.0984 e. The van der Waals surface area contributed by atoms with E-state index in [1.54, 1.807) is 0 Å². The van der Waals surface area contributed by atoms with E-state index in [1.165, 1.54) is 10.4 Å². The van der Waals surface area contributed by atoms with Crippen LogP contribution in [0.15, 0.2) is 94.1 Å². The third-order valence-electron chi connectivity index (χ3n) is 5.17. The van der Waals surface area contributed by atoms with Gasteiger partial charge in [0.05, 0.1) is 16.1 Å². The highest BCUT2D eigenvalue weighted by Crippen LogP contribution is 2.27. The highest BCUT2D eigenvalue weighted by molar-refractivity contribution is 7.02. The smallest absolute Gasteiger partial charge is 0.0984 e. The summed E-state index contributed by atoms with van der Waals surface area (Å²) in [5.74, 6) is 0. The van der Waals surface area contributed by atoms with Crippen molar-refractivity contribution in [3.63, 3.8) is 0 Å². The van der Waals surface area contributed by atoms with E-state index in [0.29, 0.717) is 0 Å². The second-order valence-electron chi connectivity index (χ2n) is 6.98. The van der Waals surface area contributed by atoms with Crippen LogP contribution in [-0.2, 0) is 0 Å². The van der Waals surface area contributed by atoms with Crippen LogP contribution in [0.4, 0.5) is 0 Å². The van der Waals surface area contributed by atoms with Crippen LogP contribution in [0.5, 0.6) is 0 Å². The SMILES string of the molecule is C=CC[Si](CC=C)(CC=C)c1[c]cccc1[Si](CC=C)(CC=C)CC=C. The Morgan fingerprint density at radius 3 is 1.42 bits per heavy atom. The molecule has 0 nitrogen and oxygen atoms in total. The van der Waals surface area contributed by atoms with Gasteiger partial charge in [-0.3, -0.25) is 0 Å². The van der Waals surface area contributed by atoms with E-state index in [1.807, 2.05) is 0 Å². The van der Waals surface area contributed by atoms with E-state index in [2.05, 4.69) is 100 Å². The molecule has 0 aliphatic carbocycles. The molecule has 26 heavy (non-hydrogen) atoms. The molecule has 0 atom stereocenters. The zero-order valence-electron chi connectivity index (χ0n) is 16.2. The third kappa shape index (κ3) is 4.83. The van der Waals surface area contributed by atoms with Gasteiger partial charge in [0, 0.05) is 0 Å². The highest BCUT2D eigenvalue weighted by atomic mass is 28.3. The van der Waals surface area contributed by atoms with Gasteiger partial charge in [0.25, 0.3) is 0 Å². The Hall–Kier alpha value is -1.91. The number of benzene rings is 1. The molecule has 0 aliphatic rings. The fraction of sp³-hybridized carbons (Fsp3) is 0.250. The minimum atomic E-state index is -1.89. The largest absolute Gasteiger partial charge is 0.103 e. The maximum absolute atomic E-state index is 4.06. The Balaban J connectivity index is 3.76. The molecule has 137 valence electrons. The first kappa shape index (κ1) is 22.1. The number of rotatable bonds is 14. The summed E-state index contributed by atoms with van der Waals surface area (Å²) in [4.78, 5) is 0. The van der Waals surface area contributed by atoms with Crippen molar-refractivity contribution >= 4 is 26.5 Å². The average molecular weight is 378 g/mol. The predicted molar refractivity (Wildman–Crippen MR) is 126 cm³/mol. The van der Waals surface area contributed by atoms with Gasteiger partial charge < -0.3 is 0 Å². The lowest BCUT2D eigenvalue weighted by molar-refractivity contribution is 1.36. The van der Waals surface area contributed by atoms with Crippen LogP contribution in [0.25, 0.3) is 0 Å². The van der Waals surface area contributed by atoms with Crippen LogP contribution in [0.3, 0.4) is 0 Å². The molecule has 1 rings (SSSR count). The van der Waals surface area contributed by atoms with Gasteiger partial charge in [0.1, 0.15) is 0 Å². The molecule has 1 radical (unpaired) electrons. The second-order valence-corrected chi connectivity index (χ2v) is 15.6. The summed E-state index contributed by atoms with van der Waals surface area (Å²) in [5, 5.41) is 2.92. The summed E-state index contributed by atoms with van der Waals surface area (Å²) in [6.07, 6.45) is 12.4. The molecule has 0 amide bonds. The first-order chi connectivity index (χ1) is 12.6. The van der Waals surface area contributed by atoms with Crippen molar-refractivity contribution in [1.29, 1.82) is 0 Å². The summed E-state index contributed by atoms with van der Waals surface area (Å²) in [7, 11) is -3.76. The van der Waals surface area contributed by atoms with Crippen LogP contribution in [-0.4, -0.2) is 16.1 Å². The second kappa shape index (κ2) is 10.9. The normalized spacial score (nSPS) is 11.4. The van der Waals surface area contributed by atoms with Gasteiger partial charge in [0.15, 0.2) is 0 Å². The van der Waals surface area contributed by atoms with E-state index in [0.717, 1.165) is 36.3 Å². The van der Waals surface area contributed by atoms with Gasteiger partial charge in [-0.05, 0) is 42.3 Å². The van der Waals surface area contributed by atoms with Crippen molar-refractivity contribution in [3.8, 4) is 0 Å². The fourth-order valence-electron chi connectivity index (χ4n) is 4.11. The summed E-state index contributed by atoms with van der Waals surface area (Å²) < 4.78 is 0. The minimum absolute atomic E-state index is 1.01. The van der Waals surface area contributed by atoms with E-state index in [-0.39, 0.29) is 0 Å². The molecule has 0 unspecified atom stereocenters. The monoisotopic (exact) mass is 377 g/mol. The fourth-order valence-corrected chi connectivity index (χ4v) is 13.4. The lowest BCUT2D eigenvalue weighted by atomic mass is 10.4. The Bertz CT molecular complexity index is 544. The highest BCUT2D eigenvalue weighted by Gasteiger charge is 2.40. The topological polar surface area (TPSA) is 0 Å². The summed E-state index contributed by atoms with van der Waals surface area (Å²) in [5.41, 5.74) is 0. The Morgan fingerprint density at radius 1 is 0.654 bits per heavy atom. The van der Waals surface area contributed by atoms with Crippen molar-refractivity contribution < 1.29 is 0 Å². The van der Waals surface area contributed by atoms with Gasteiger partial charge in [-0.1, -0.05) is 65.0 Å². The zero-order valence-corrected chi connectivity index (χ0v) is 18.2. The number of allylic oxidation sites excluding steroid dienone is 6. The summed E-state index contributed by atoms with van der Waals surface area (Å²) >= 11 is 0. The molecule has 0 aromatic heterocycles. The van der Waals surface area contributed by atoms with E-state index < -0.39 is 16.1 Å². The minimum Gasteiger partial charge on any atom is -0.103 e. The van der Waals surface area contributed by atoms with Gasteiger partial charge in [-0.25, -0.2) is 0 Å². The Labute approximate surface area is 163 Å². The van der Waals surface area contributed by atoms with Crippen LogP contribution in [0.1, 0.15) is 0 Å². The predicted octanol–water partition coefficient (Wildman–Crippen LogP) is 5.91. The standard InChI is InChI=1S/C24H33Si2/c1-7-17-25(18-8-2,19-9-3)23-15-13-14-16-24(23)26(20-10-4,21-11-5)22-12-6/h7-15H,1-6,17-22H2. The molecular weight excluding hydrogens is 344 g/mol. The van der Waals surface area contributed by atoms with E-state index in [9.17, 15) is 0 Å². The molecule has 0 saturated heterocycles. The van der Waals surface area contributed by atoms with Crippen molar-refractivity contribution in [1.82, 2.24) is 0 Å². The van der Waals surface area contributed by atoms with Crippen molar-refractivity contribution in [2.45, 2.75) is 36.3 Å². The lowest BCUT2D eigenvalue weighted by Gasteiger charge is -2.38. The average Bonchev–Trinajstić information content (AvgIpc) is 2.63. The molecule has 0 fully saturated rings. The van der Waals surface area contributed by atoms with E-state index in [4.69, 9.17) is 0 Å². The zero-order chi connectivity index (χ0) is 19.5. The number of hydrogen-bond donors (Lipinski definition) is 0. The molecular formula is C24H33Si2. The molecule has 1 aromatic carbocycles. The molecule has 0 spiro atoms. The summed E-state index contributed by atoms with van der Waals surface area (Å²) in [6, 6.07) is 16.3. The summed E-state index contributed by atoms with van der Waals surface area (Å²) in [6.45, 7) is 24.3. The van der Waals surface area contributed by atoms with Gasteiger partial charge in [0.2, 0.25) is 0 Å². The Morgan fingerprint density at radius 2 is 1.04 bits per heavy atom. The molecule has 0 heterocycles. The molecule has 1 aromatic rings. The third-order valence-corrected chi connectivity index (χ3v) is 14.9. The van der Waals surface area contributed by atoms with Crippen molar-refractivity contribution in [3.05, 3.63) is 100 Å². The number of hydrogen-bond acceptors (Lipinski definition) is 0. The van der Waals surface area contributed by atoms with Crippen molar-refractivity contribution in [2.75, 3.05) is 0 Å². The van der Waals surface area contributed by atoms with Crippen LogP contribution >= 0.6 is 0 Å². The van der Waals surface area contributed by atoms with Crippen molar-refractivity contribution in [2.24, 2.45) is 0 Å². The Kier molecular flexibility index (Phi) is 9.32. The first-order valence-corrected chi connectivity index (χ1v) is 14.5. The van der Waals surface area contributed by atoms with Crippen LogP contribution in [0.2, 0.25) is 36.3 Å². The molecule has 0 aliphatic heterocycles. The molecule has 2 heteroatoms. The quantitative estimate of drug-likeness (QED) is 0.279.